The number of nitrogens with two attached hydrogens (primary N) is 1. The number of piperidine rings is 1. The second-order valence-corrected chi connectivity index (χ2v) is 6.30. The van der Waals surface area contributed by atoms with E-state index in [0.717, 1.165) is 32.5 Å². The van der Waals surface area contributed by atoms with Gasteiger partial charge in [0.2, 0.25) is 0 Å². The Morgan fingerprint density at radius 2 is 2.00 bits per heavy atom. The van der Waals surface area contributed by atoms with Gasteiger partial charge in [-0.2, -0.15) is 0 Å². The predicted molar refractivity (Wildman–Crippen MR) is 80.5 cm³/mol. The van der Waals surface area contributed by atoms with E-state index in [-0.39, 0.29) is 17.5 Å². The van der Waals surface area contributed by atoms with Crippen LogP contribution in [-0.4, -0.2) is 42.0 Å². The quantitative estimate of drug-likeness (QED) is 0.873. The molecule has 0 bridgehead atoms. The van der Waals surface area contributed by atoms with Gasteiger partial charge >= 0.3 is 0 Å². The molecule has 4 nitrogen and oxygen atoms in total. The van der Waals surface area contributed by atoms with Crippen LogP contribution in [-0.2, 0) is 0 Å². The summed E-state index contributed by atoms with van der Waals surface area (Å²) in [6.45, 7) is 6.99. The lowest BCUT2D eigenvalue weighted by atomic mass is 10.0. The van der Waals surface area contributed by atoms with Crippen molar-refractivity contribution in [1.82, 2.24) is 10.2 Å². The van der Waals surface area contributed by atoms with Crippen molar-refractivity contribution < 1.29 is 4.79 Å². The summed E-state index contributed by atoms with van der Waals surface area (Å²) in [5, 5.41) is 3.11. The van der Waals surface area contributed by atoms with Crippen LogP contribution >= 0.6 is 0 Å². The van der Waals surface area contributed by atoms with E-state index in [1.165, 1.54) is 0 Å². The summed E-state index contributed by atoms with van der Waals surface area (Å²) in [5.41, 5.74) is 6.59. The zero-order valence-corrected chi connectivity index (χ0v) is 12.4. The second-order valence-electron chi connectivity index (χ2n) is 6.30. The first-order valence-corrected chi connectivity index (χ1v) is 7.22. The highest BCUT2D eigenvalue weighted by Crippen LogP contribution is 2.13. The maximum atomic E-state index is 12.1. The van der Waals surface area contributed by atoms with Crippen LogP contribution in [0.15, 0.2) is 24.3 Å². The number of hydrogen-bond acceptors (Lipinski definition) is 3. The number of nitrogens with zero attached hydrogens (tertiary/aromatic N) is 1. The van der Waals surface area contributed by atoms with Gasteiger partial charge in [-0.15, -0.1) is 0 Å². The van der Waals surface area contributed by atoms with Crippen molar-refractivity contribution in [3.8, 4) is 0 Å². The van der Waals surface area contributed by atoms with Crippen LogP contribution in [0.25, 0.3) is 0 Å². The normalized spacial score (nSPS) is 17.9. The molecule has 1 fully saturated rings. The molecular formula is C16H24N3O. The molecular weight excluding hydrogens is 250 g/mol. The Balaban J connectivity index is 1.79. The molecule has 4 heteroatoms. The van der Waals surface area contributed by atoms with E-state index < -0.39 is 0 Å². The number of carbonyl (C=O) groups excluding carboxylic acids is 1. The van der Waals surface area contributed by atoms with E-state index in [9.17, 15) is 4.79 Å². The monoisotopic (exact) mass is 274 g/mol. The number of carbonyl (C=O) groups is 1. The van der Waals surface area contributed by atoms with Gasteiger partial charge in [0.15, 0.2) is 0 Å². The highest BCUT2D eigenvalue weighted by molar-refractivity contribution is 5.94. The summed E-state index contributed by atoms with van der Waals surface area (Å²) < 4.78 is 0. The molecule has 1 aromatic rings. The standard InChI is InChI=1S/C16H24N3O/c1-16(2,17)12-19-10-8-14(9-11-19)18-15(20)13-6-4-3-5-7-13/h4-7,14H,8-12,17H2,1-2H3,(H,18,20). The van der Waals surface area contributed by atoms with Gasteiger partial charge in [-0.05, 0) is 44.9 Å². The van der Waals surface area contributed by atoms with E-state index in [1.807, 2.05) is 13.8 Å². The van der Waals surface area contributed by atoms with E-state index in [0.29, 0.717) is 5.56 Å². The molecule has 0 spiro atoms. The molecule has 3 N–H and O–H groups in total. The maximum Gasteiger partial charge on any atom is 0.251 e. The Bertz CT molecular complexity index is 431. The van der Waals surface area contributed by atoms with Gasteiger partial charge in [0.25, 0.3) is 5.91 Å². The summed E-state index contributed by atoms with van der Waals surface area (Å²) in [5.74, 6) is 0.0107. The Hall–Kier alpha value is -1.39. The second kappa shape index (κ2) is 6.37. The molecule has 1 aliphatic rings. The van der Waals surface area contributed by atoms with Crippen molar-refractivity contribution in [1.29, 1.82) is 0 Å². The van der Waals surface area contributed by atoms with Crippen LogP contribution in [0.3, 0.4) is 0 Å². The van der Waals surface area contributed by atoms with Crippen LogP contribution in [0.4, 0.5) is 0 Å². The predicted octanol–water partition coefficient (Wildman–Crippen LogP) is 1.42. The third kappa shape index (κ3) is 4.62. The van der Waals surface area contributed by atoms with Crippen LogP contribution < -0.4 is 11.1 Å². The smallest absolute Gasteiger partial charge is 0.251 e. The zero-order valence-electron chi connectivity index (χ0n) is 12.4. The van der Waals surface area contributed by atoms with Gasteiger partial charge in [0.1, 0.15) is 0 Å². The van der Waals surface area contributed by atoms with Gasteiger partial charge in [-0.25, -0.2) is 0 Å². The van der Waals surface area contributed by atoms with Gasteiger partial charge in [0, 0.05) is 36.8 Å². The van der Waals surface area contributed by atoms with Gasteiger partial charge in [-0.1, -0.05) is 12.1 Å². The average molecular weight is 274 g/mol. The molecule has 1 radical (unpaired) electrons. The summed E-state index contributed by atoms with van der Waals surface area (Å²) >= 11 is 0. The lowest BCUT2D eigenvalue weighted by Gasteiger charge is -2.36. The van der Waals surface area contributed by atoms with E-state index in [1.54, 1.807) is 24.3 Å². The molecule has 2 rings (SSSR count). The molecule has 109 valence electrons. The Morgan fingerprint density at radius 3 is 2.55 bits per heavy atom. The summed E-state index contributed by atoms with van der Waals surface area (Å²) in [4.78, 5) is 14.4. The topological polar surface area (TPSA) is 58.4 Å². The molecule has 0 atom stereocenters. The largest absolute Gasteiger partial charge is 0.349 e. The number of amides is 1. The highest BCUT2D eigenvalue weighted by atomic mass is 16.1. The number of benzene rings is 1. The van der Waals surface area contributed by atoms with Crippen LogP contribution in [0.2, 0.25) is 0 Å². The van der Waals surface area contributed by atoms with Gasteiger partial charge in [-0.3, -0.25) is 4.79 Å². The van der Waals surface area contributed by atoms with Crippen molar-refractivity contribution in [3.63, 3.8) is 0 Å². The Kier molecular flexibility index (Phi) is 4.78. The minimum Gasteiger partial charge on any atom is -0.349 e. The number of rotatable bonds is 4. The van der Waals surface area contributed by atoms with Crippen molar-refractivity contribution in [2.75, 3.05) is 19.6 Å². The lowest BCUT2D eigenvalue weighted by Crippen LogP contribution is -2.51. The molecule has 0 unspecified atom stereocenters. The van der Waals surface area contributed by atoms with Gasteiger partial charge < -0.3 is 16.0 Å². The van der Waals surface area contributed by atoms with Crippen LogP contribution in [0.5, 0.6) is 0 Å². The molecule has 0 aromatic heterocycles. The first-order valence-electron chi connectivity index (χ1n) is 7.22. The fourth-order valence-electron chi connectivity index (χ4n) is 2.62. The molecule has 1 aromatic carbocycles. The molecule has 0 aliphatic carbocycles. The third-order valence-electron chi connectivity index (χ3n) is 3.53. The highest BCUT2D eigenvalue weighted by Gasteiger charge is 2.24. The van der Waals surface area contributed by atoms with Gasteiger partial charge in [0.05, 0.1) is 0 Å². The zero-order chi connectivity index (χ0) is 14.6. The molecule has 1 aliphatic heterocycles. The summed E-state index contributed by atoms with van der Waals surface area (Å²) in [6, 6.07) is 10.3. The van der Waals surface area contributed by atoms with Crippen molar-refractivity contribution in [2.24, 2.45) is 5.73 Å². The average Bonchev–Trinajstić information content (AvgIpc) is 2.40. The fourth-order valence-corrected chi connectivity index (χ4v) is 2.62. The molecule has 20 heavy (non-hydrogen) atoms. The number of likely N-dealkylation sites (tertiary alicyclic amines) is 1. The van der Waals surface area contributed by atoms with E-state index in [2.05, 4.69) is 16.3 Å². The summed E-state index contributed by atoms with van der Waals surface area (Å²) in [7, 11) is 0. The van der Waals surface area contributed by atoms with Crippen molar-refractivity contribution in [2.45, 2.75) is 38.3 Å². The Morgan fingerprint density at radius 1 is 1.40 bits per heavy atom. The van der Waals surface area contributed by atoms with E-state index >= 15 is 0 Å². The van der Waals surface area contributed by atoms with Crippen LogP contribution in [0, 0.1) is 6.07 Å². The molecule has 1 amide bonds. The molecule has 0 saturated carbocycles. The SMILES string of the molecule is CC(C)(N)CN1CCC(NC(=O)c2cc[c]cc2)CC1. The first-order chi connectivity index (χ1) is 9.44. The molecule has 1 saturated heterocycles. The number of hydrogen-bond donors (Lipinski definition) is 2. The first kappa shape index (κ1) is 15.0. The summed E-state index contributed by atoms with van der Waals surface area (Å²) in [6.07, 6.45) is 1.97. The number of nitrogens with one attached hydrogen (secondary N) is 1. The molecule has 1 heterocycles. The van der Waals surface area contributed by atoms with Crippen molar-refractivity contribution in [3.05, 3.63) is 35.9 Å². The van der Waals surface area contributed by atoms with Crippen molar-refractivity contribution >= 4 is 5.91 Å². The Labute approximate surface area is 121 Å². The maximum absolute atomic E-state index is 12.1. The third-order valence-corrected chi connectivity index (χ3v) is 3.53. The van der Waals surface area contributed by atoms with Crippen LogP contribution in [0.1, 0.15) is 37.0 Å². The minimum absolute atomic E-state index is 0.0107. The van der Waals surface area contributed by atoms with E-state index in [4.69, 9.17) is 5.73 Å². The minimum atomic E-state index is -0.156. The lowest BCUT2D eigenvalue weighted by molar-refractivity contribution is 0.0904. The fraction of sp³-hybridized carbons (Fsp3) is 0.562.